The standard InChI is InChI=1S/C28H30N4O4S2/c1-19(2)23-9-6-11-25-26(23)30-28(37-25)31(18-20-8-4-5-16-29-20)27(33)24-10-7-17-32(24)38(34,35)22-14-12-21(36-3)13-15-22/h4-6,8-9,11-16,19,24H,7,10,17-18H2,1-3H3. The Morgan fingerprint density at radius 2 is 1.92 bits per heavy atom. The van der Waals surface area contributed by atoms with Crippen molar-refractivity contribution in [2.24, 2.45) is 0 Å². The van der Waals surface area contributed by atoms with Gasteiger partial charge in [-0.05, 0) is 66.8 Å². The molecule has 0 saturated carbocycles. The molecular weight excluding hydrogens is 520 g/mol. The molecule has 1 saturated heterocycles. The Kier molecular flexibility index (Phi) is 7.47. The minimum absolute atomic E-state index is 0.135. The van der Waals surface area contributed by atoms with Gasteiger partial charge in [0.05, 0.1) is 34.5 Å². The van der Waals surface area contributed by atoms with Crippen molar-refractivity contribution in [1.82, 2.24) is 14.3 Å². The Labute approximate surface area is 227 Å². The zero-order valence-corrected chi connectivity index (χ0v) is 23.2. The van der Waals surface area contributed by atoms with Crippen LogP contribution in [-0.2, 0) is 21.4 Å². The van der Waals surface area contributed by atoms with Gasteiger partial charge in [-0.15, -0.1) is 0 Å². The molecule has 198 valence electrons. The normalized spacial score (nSPS) is 16.3. The third-order valence-corrected chi connectivity index (χ3v) is 9.72. The number of para-hydroxylation sites is 1. The van der Waals surface area contributed by atoms with E-state index in [1.54, 1.807) is 23.2 Å². The molecule has 1 aliphatic rings. The van der Waals surface area contributed by atoms with E-state index in [1.165, 1.54) is 34.9 Å². The molecule has 0 spiro atoms. The number of fused-ring (bicyclic) bond motifs is 1. The molecule has 1 fully saturated rings. The first kappa shape index (κ1) is 26.3. The number of ether oxygens (including phenoxy) is 1. The molecule has 1 amide bonds. The number of methoxy groups -OCH3 is 1. The van der Waals surface area contributed by atoms with E-state index in [9.17, 15) is 13.2 Å². The van der Waals surface area contributed by atoms with Gasteiger partial charge in [-0.2, -0.15) is 4.31 Å². The molecule has 38 heavy (non-hydrogen) atoms. The maximum Gasteiger partial charge on any atom is 0.247 e. The number of carbonyl (C=O) groups excluding carboxylic acids is 1. The number of aromatic nitrogens is 2. The first-order chi connectivity index (χ1) is 18.3. The van der Waals surface area contributed by atoms with Crippen molar-refractivity contribution in [2.45, 2.75) is 50.1 Å². The predicted octanol–water partition coefficient (Wildman–Crippen LogP) is 5.21. The molecule has 1 aliphatic heterocycles. The van der Waals surface area contributed by atoms with Crippen LogP contribution in [0.1, 0.15) is 43.9 Å². The maximum atomic E-state index is 14.2. The van der Waals surface area contributed by atoms with Crippen molar-refractivity contribution in [1.29, 1.82) is 0 Å². The Balaban J connectivity index is 1.53. The second-order valence-corrected chi connectivity index (χ2v) is 12.4. The molecule has 1 atom stereocenters. The van der Waals surface area contributed by atoms with Gasteiger partial charge in [0, 0.05) is 12.7 Å². The first-order valence-corrected chi connectivity index (χ1v) is 14.8. The predicted molar refractivity (Wildman–Crippen MR) is 149 cm³/mol. The molecule has 3 heterocycles. The minimum atomic E-state index is -3.89. The number of rotatable bonds is 8. The van der Waals surface area contributed by atoms with E-state index in [4.69, 9.17) is 9.72 Å². The van der Waals surface area contributed by atoms with Gasteiger partial charge in [0.15, 0.2) is 5.13 Å². The number of thiazole rings is 1. The highest BCUT2D eigenvalue weighted by atomic mass is 32.2. The number of hydrogen-bond acceptors (Lipinski definition) is 7. The molecule has 1 unspecified atom stereocenters. The molecule has 5 rings (SSSR count). The summed E-state index contributed by atoms with van der Waals surface area (Å²) in [6.45, 7) is 4.71. The van der Waals surface area contributed by atoms with E-state index in [1.807, 2.05) is 30.3 Å². The highest BCUT2D eigenvalue weighted by Gasteiger charge is 2.42. The summed E-state index contributed by atoms with van der Waals surface area (Å²) in [5, 5.41) is 0.539. The van der Waals surface area contributed by atoms with Crippen molar-refractivity contribution in [3.05, 3.63) is 78.1 Å². The summed E-state index contributed by atoms with van der Waals surface area (Å²) >= 11 is 1.44. The number of hydrogen-bond donors (Lipinski definition) is 0. The summed E-state index contributed by atoms with van der Waals surface area (Å²) in [6, 6.07) is 17.0. The van der Waals surface area contributed by atoms with E-state index >= 15 is 0 Å². The molecule has 0 radical (unpaired) electrons. The number of nitrogens with zero attached hydrogens (tertiary/aromatic N) is 4. The average molecular weight is 551 g/mol. The summed E-state index contributed by atoms with van der Waals surface area (Å²) in [7, 11) is -2.36. The van der Waals surface area contributed by atoms with E-state index in [-0.39, 0.29) is 29.8 Å². The molecule has 2 aromatic carbocycles. The molecule has 2 aromatic heterocycles. The van der Waals surface area contributed by atoms with Gasteiger partial charge in [0.1, 0.15) is 11.8 Å². The van der Waals surface area contributed by atoms with Crippen molar-refractivity contribution in [3.8, 4) is 5.75 Å². The summed E-state index contributed by atoms with van der Waals surface area (Å²) < 4.78 is 34.7. The third-order valence-electron chi connectivity index (χ3n) is 6.76. The number of sulfonamides is 1. The van der Waals surface area contributed by atoms with Crippen molar-refractivity contribution >= 4 is 42.6 Å². The lowest BCUT2D eigenvalue weighted by Crippen LogP contribution is -2.47. The second kappa shape index (κ2) is 10.8. The van der Waals surface area contributed by atoms with Crippen LogP contribution in [0.3, 0.4) is 0 Å². The summed E-state index contributed by atoms with van der Waals surface area (Å²) in [5.41, 5.74) is 2.68. The summed E-state index contributed by atoms with van der Waals surface area (Å²) in [4.78, 5) is 25.2. The van der Waals surface area contributed by atoms with E-state index in [2.05, 4.69) is 24.9 Å². The van der Waals surface area contributed by atoms with Gasteiger partial charge in [0.25, 0.3) is 0 Å². The van der Waals surface area contributed by atoms with Gasteiger partial charge in [0.2, 0.25) is 15.9 Å². The lowest BCUT2D eigenvalue weighted by Gasteiger charge is -2.28. The highest BCUT2D eigenvalue weighted by Crippen LogP contribution is 2.36. The lowest BCUT2D eigenvalue weighted by atomic mass is 10.0. The van der Waals surface area contributed by atoms with Crippen LogP contribution in [0.15, 0.2) is 71.8 Å². The van der Waals surface area contributed by atoms with Crippen molar-refractivity contribution in [3.63, 3.8) is 0 Å². The fourth-order valence-electron chi connectivity index (χ4n) is 4.77. The highest BCUT2D eigenvalue weighted by molar-refractivity contribution is 7.89. The van der Waals surface area contributed by atoms with Gasteiger partial charge in [-0.25, -0.2) is 13.4 Å². The van der Waals surface area contributed by atoms with Gasteiger partial charge >= 0.3 is 0 Å². The topological polar surface area (TPSA) is 92.7 Å². The molecule has 10 heteroatoms. The van der Waals surface area contributed by atoms with Crippen LogP contribution >= 0.6 is 11.3 Å². The Morgan fingerprint density at radius 1 is 1.13 bits per heavy atom. The third kappa shape index (κ3) is 5.03. The number of anilines is 1. The number of carbonyl (C=O) groups is 1. The molecule has 4 aromatic rings. The molecule has 0 bridgehead atoms. The summed E-state index contributed by atoms with van der Waals surface area (Å²) in [6.07, 6.45) is 2.72. The van der Waals surface area contributed by atoms with Crippen LogP contribution in [-0.4, -0.2) is 48.3 Å². The quantitative estimate of drug-likeness (QED) is 0.299. The Bertz CT molecular complexity index is 1540. The van der Waals surface area contributed by atoms with Crippen molar-refractivity contribution in [2.75, 3.05) is 18.6 Å². The first-order valence-electron chi connectivity index (χ1n) is 12.6. The largest absolute Gasteiger partial charge is 0.497 e. The van der Waals surface area contributed by atoms with Gasteiger partial charge in [-0.1, -0.05) is 43.4 Å². The summed E-state index contributed by atoms with van der Waals surface area (Å²) in [5.74, 6) is 0.542. The Hall–Kier alpha value is -3.34. The van der Waals surface area contributed by atoms with Crippen LogP contribution in [0.4, 0.5) is 5.13 Å². The van der Waals surface area contributed by atoms with Crippen LogP contribution in [0, 0.1) is 0 Å². The van der Waals surface area contributed by atoms with E-state index in [0.29, 0.717) is 29.4 Å². The smallest absolute Gasteiger partial charge is 0.247 e. The molecule has 0 N–H and O–H groups in total. The van der Waals surface area contributed by atoms with E-state index in [0.717, 1.165) is 15.8 Å². The lowest BCUT2D eigenvalue weighted by molar-refractivity contribution is -0.121. The average Bonchev–Trinajstić information content (AvgIpc) is 3.60. The number of amides is 1. The second-order valence-electron chi connectivity index (χ2n) is 9.54. The van der Waals surface area contributed by atoms with E-state index < -0.39 is 16.1 Å². The Morgan fingerprint density at radius 3 is 2.61 bits per heavy atom. The van der Waals surface area contributed by atoms with Gasteiger partial charge in [-0.3, -0.25) is 14.7 Å². The van der Waals surface area contributed by atoms with Crippen LogP contribution in [0.2, 0.25) is 0 Å². The number of pyridine rings is 1. The van der Waals surface area contributed by atoms with Crippen LogP contribution in [0.5, 0.6) is 5.75 Å². The fourth-order valence-corrected chi connectivity index (χ4v) is 7.43. The van der Waals surface area contributed by atoms with Crippen LogP contribution in [0.25, 0.3) is 10.2 Å². The zero-order valence-electron chi connectivity index (χ0n) is 21.6. The fraction of sp³-hybridized carbons (Fsp3) is 0.321. The maximum absolute atomic E-state index is 14.2. The number of benzene rings is 2. The van der Waals surface area contributed by atoms with Crippen LogP contribution < -0.4 is 9.64 Å². The molecular formula is C28H30N4O4S2. The zero-order chi connectivity index (χ0) is 26.9. The molecule has 0 aliphatic carbocycles. The monoisotopic (exact) mass is 550 g/mol. The minimum Gasteiger partial charge on any atom is -0.497 e. The van der Waals surface area contributed by atoms with Crippen molar-refractivity contribution < 1.29 is 17.9 Å². The SMILES string of the molecule is COc1ccc(S(=O)(=O)N2CCCC2C(=O)N(Cc2ccccn2)c2nc3c(C(C)C)cccc3s2)cc1. The molecule has 8 nitrogen and oxygen atoms in total. The van der Waals surface area contributed by atoms with Gasteiger partial charge < -0.3 is 4.74 Å².